The standard InChI is InChI=1S/C25H28N2O6S/c1-30-13-11-26(25(29)22-7-4-12-32-22)16-24(28)27-10-8-23-20(9-14-34-23)21(27)17-33-19-6-3-5-18(15-19)31-2/h3-7,9,12,14-15,21H,8,10-11,13,16-17H2,1-2H3. The summed E-state index contributed by atoms with van der Waals surface area (Å²) in [6, 6.07) is 12.4. The van der Waals surface area contributed by atoms with Crippen molar-refractivity contribution < 1.29 is 28.2 Å². The zero-order valence-electron chi connectivity index (χ0n) is 19.3. The number of hydrogen-bond acceptors (Lipinski definition) is 7. The van der Waals surface area contributed by atoms with Crippen molar-refractivity contribution in [1.29, 1.82) is 0 Å². The number of carbonyl (C=O) groups is 2. The van der Waals surface area contributed by atoms with E-state index >= 15 is 0 Å². The Kier molecular flexibility index (Phi) is 7.87. The summed E-state index contributed by atoms with van der Waals surface area (Å²) in [4.78, 5) is 30.9. The Bertz CT molecular complexity index is 1100. The lowest BCUT2D eigenvalue weighted by atomic mass is 10.0. The van der Waals surface area contributed by atoms with Gasteiger partial charge in [0.25, 0.3) is 5.91 Å². The van der Waals surface area contributed by atoms with Crippen molar-refractivity contribution in [3.05, 3.63) is 70.3 Å². The third-order valence-corrected chi connectivity index (χ3v) is 6.77. The van der Waals surface area contributed by atoms with E-state index in [1.807, 2.05) is 34.5 Å². The number of thiophene rings is 1. The molecule has 180 valence electrons. The highest BCUT2D eigenvalue weighted by Gasteiger charge is 2.34. The van der Waals surface area contributed by atoms with Crippen LogP contribution in [0.25, 0.3) is 0 Å². The van der Waals surface area contributed by atoms with Gasteiger partial charge in [0.05, 0.1) is 26.0 Å². The van der Waals surface area contributed by atoms with E-state index in [9.17, 15) is 9.59 Å². The average molecular weight is 485 g/mol. The Labute approximate surface area is 202 Å². The average Bonchev–Trinajstić information content (AvgIpc) is 3.57. The van der Waals surface area contributed by atoms with Crippen LogP contribution in [0.5, 0.6) is 11.5 Å². The first-order valence-electron chi connectivity index (χ1n) is 11.0. The monoisotopic (exact) mass is 484 g/mol. The second kappa shape index (κ2) is 11.2. The summed E-state index contributed by atoms with van der Waals surface area (Å²) in [5.41, 5.74) is 1.09. The molecule has 4 rings (SSSR count). The number of ether oxygens (including phenoxy) is 3. The lowest BCUT2D eigenvalue weighted by Gasteiger charge is -2.37. The molecular weight excluding hydrogens is 456 g/mol. The predicted molar refractivity (Wildman–Crippen MR) is 127 cm³/mol. The highest BCUT2D eigenvalue weighted by Crippen LogP contribution is 2.34. The molecule has 0 spiro atoms. The second-order valence-corrected chi connectivity index (χ2v) is 8.84. The number of nitrogens with zero attached hydrogens (tertiary/aromatic N) is 2. The fraction of sp³-hybridized carbons (Fsp3) is 0.360. The fourth-order valence-electron chi connectivity index (χ4n) is 4.00. The van der Waals surface area contributed by atoms with Gasteiger partial charge in [-0.05, 0) is 47.7 Å². The number of furan rings is 1. The minimum atomic E-state index is -0.340. The molecule has 8 nitrogen and oxygen atoms in total. The molecule has 34 heavy (non-hydrogen) atoms. The normalized spacial score (nSPS) is 15.0. The van der Waals surface area contributed by atoms with Crippen LogP contribution in [-0.4, -0.2) is 68.7 Å². The largest absolute Gasteiger partial charge is 0.497 e. The molecular formula is C25H28N2O6S. The Balaban J connectivity index is 1.51. The first kappa shape index (κ1) is 23.8. The Morgan fingerprint density at radius 3 is 2.79 bits per heavy atom. The molecule has 1 aliphatic rings. The molecule has 0 aliphatic carbocycles. The minimum Gasteiger partial charge on any atom is -0.497 e. The van der Waals surface area contributed by atoms with Crippen molar-refractivity contribution in [2.75, 3.05) is 47.1 Å². The number of fused-ring (bicyclic) bond motifs is 1. The van der Waals surface area contributed by atoms with E-state index in [4.69, 9.17) is 18.6 Å². The van der Waals surface area contributed by atoms with Crippen molar-refractivity contribution in [2.24, 2.45) is 0 Å². The van der Waals surface area contributed by atoms with E-state index in [1.54, 1.807) is 37.7 Å². The topological polar surface area (TPSA) is 81.5 Å². The molecule has 0 bridgehead atoms. The van der Waals surface area contributed by atoms with Gasteiger partial charge in [0.15, 0.2) is 5.76 Å². The molecule has 9 heteroatoms. The van der Waals surface area contributed by atoms with E-state index in [2.05, 4.69) is 6.07 Å². The van der Waals surface area contributed by atoms with Crippen molar-refractivity contribution in [3.63, 3.8) is 0 Å². The molecule has 3 heterocycles. The number of methoxy groups -OCH3 is 2. The quantitative estimate of drug-likeness (QED) is 0.437. The van der Waals surface area contributed by atoms with Gasteiger partial charge in [0, 0.05) is 31.1 Å². The highest BCUT2D eigenvalue weighted by atomic mass is 32.1. The Morgan fingerprint density at radius 1 is 1.18 bits per heavy atom. The Hall–Kier alpha value is -3.30. The number of amides is 2. The van der Waals surface area contributed by atoms with Crippen LogP contribution in [0.2, 0.25) is 0 Å². The molecule has 0 saturated carbocycles. The van der Waals surface area contributed by atoms with Gasteiger partial charge in [-0.15, -0.1) is 11.3 Å². The smallest absolute Gasteiger partial charge is 0.290 e. The van der Waals surface area contributed by atoms with Crippen molar-refractivity contribution in [3.8, 4) is 11.5 Å². The summed E-state index contributed by atoms with van der Waals surface area (Å²) in [5, 5.41) is 2.04. The molecule has 0 N–H and O–H groups in total. The summed E-state index contributed by atoms with van der Waals surface area (Å²) in [5.74, 6) is 1.08. The molecule has 1 aromatic carbocycles. The van der Waals surface area contributed by atoms with E-state index in [0.29, 0.717) is 31.3 Å². The van der Waals surface area contributed by atoms with Gasteiger partial charge in [-0.25, -0.2) is 0 Å². The van der Waals surface area contributed by atoms with Crippen LogP contribution in [0.1, 0.15) is 27.0 Å². The third-order valence-electron chi connectivity index (χ3n) is 5.77. The number of hydrogen-bond donors (Lipinski definition) is 0. The van der Waals surface area contributed by atoms with Crippen LogP contribution in [0.3, 0.4) is 0 Å². The van der Waals surface area contributed by atoms with E-state index in [0.717, 1.165) is 12.0 Å². The summed E-state index contributed by atoms with van der Waals surface area (Å²) in [6.07, 6.45) is 2.22. The molecule has 1 atom stereocenters. The molecule has 0 saturated heterocycles. The molecule has 1 aliphatic heterocycles. The maximum absolute atomic E-state index is 13.5. The molecule has 0 radical (unpaired) electrons. The van der Waals surface area contributed by atoms with Gasteiger partial charge in [-0.2, -0.15) is 0 Å². The zero-order valence-corrected chi connectivity index (χ0v) is 20.1. The molecule has 2 aromatic heterocycles. The van der Waals surface area contributed by atoms with Gasteiger partial charge < -0.3 is 28.4 Å². The van der Waals surface area contributed by atoms with Crippen LogP contribution >= 0.6 is 11.3 Å². The van der Waals surface area contributed by atoms with E-state index in [-0.39, 0.29) is 36.7 Å². The predicted octanol–water partition coefficient (Wildman–Crippen LogP) is 3.64. The van der Waals surface area contributed by atoms with Gasteiger partial charge in [-0.1, -0.05) is 6.07 Å². The zero-order chi connectivity index (χ0) is 23.9. The minimum absolute atomic E-state index is 0.0714. The summed E-state index contributed by atoms with van der Waals surface area (Å²) < 4.78 is 21.8. The maximum Gasteiger partial charge on any atom is 0.290 e. The van der Waals surface area contributed by atoms with Crippen molar-refractivity contribution in [2.45, 2.75) is 12.5 Å². The summed E-state index contributed by atoms with van der Waals surface area (Å²) >= 11 is 1.69. The molecule has 1 unspecified atom stereocenters. The van der Waals surface area contributed by atoms with Crippen LogP contribution < -0.4 is 9.47 Å². The van der Waals surface area contributed by atoms with E-state index in [1.165, 1.54) is 16.0 Å². The van der Waals surface area contributed by atoms with Crippen molar-refractivity contribution >= 4 is 23.2 Å². The second-order valence-electron chi connectivity index (χ2n) is 7.84. The van der Waals surface area contributed by atoms with Crippen molar-refractivity contribution in [1.82, 2.24) is 9.80 Å². The van der Waals surface area contributed by atoms with Gasteiger partial charge in [0.2, 0.25) is 5.91 Å². The first-order chi connectivity index (χ1) is 16.6. The van der Waals surface area contributed by atoms with Crippen LogP contribution in [-0.2, 0) is 16.0 Å². The summed E-state index contributed by atoms with van der Waals surface area (Å²) in [6.45, 7) is 1.39. The maximum atomic E-state index is 13.5. The van der Waals surface area contributed by atoms with Gasteiger partial charge in [-0.3, -0.25) is 9.59 Å². The summed E-state index contributed by atoms with van der Waals surface area (Å²) in [7, 11) is 3.17. The lowest BCUT2D eigenvalue weighted by molar-refractivity contribution is -0.135. The molecule has 3 aromatic rings. The number of rotatable bonds is 10. The fourth-order valence-corrected chi connectivity index (χ4v) is 4.93. The highest BCUT2D eigenvalue weighted by molar-refractivity contribution is 7.10. The van der Waals surface area contributed by atoms with Crippen LogP contribution in [0.15, 0.2) is 58.5 Å². The first-order valence-corrected chi connectivity index (χ1v) is 11.9. The Morgan fingerprint density at radius 2 is 2.03 bits per heavy atom. The van der Waals surface area contributed by atoms with Gasteiger partial charge in [0.1, 0.15) is 24.7 Å². The van der Waals surface area contributed by atoms with Gasteiger partial charge >= 0.3 is 0 Å². The number of benzene rings is 1. The molecule has 2 amide bonds. The SMILES string of the molecule is COCCN(CC(=O)N1CCc2sccc2C1COc1cccc(OC)c1)C(=O)c1ccco1. The lowest BCUT2D eigenvalue weighted by Crippen LogP contribution is -2.48. The van der Waals surface area contributed by atoms with Crippen LogP contribution in [0, 0.1) is 0 Å². The van der Waals surface area contributed by atoms with E-state index < -0.39 is 0 Å². The molecule has 0 fully saturated rings. The number of carbonyl (C=O) groups excluding carboxylic acids is 2. The van der Waals surface area contributed by atoms with Crippen LogP contribution in [0.4, 0.5) is 0 Å². The third kappa shape index (κ3) is 5.43.